The number of nitrogens with one attached hydrogen (secondary N) is 1. The van der Waals surface area contributed by atoms with E-state index in [-0.39, 0.29) is 0 Å². The zero-order valence-corrected chi connectivity index (χ0v) is 10.5. The molecule has 2 rings (SSSR count). The molecule has 1 N–H and O–H groups in total. The number of hydrogen-bond donors (Lipinski definition) is 1. The van der Waals surface area contributed by atoms with E-state index in [1.807, 2.05) is 24.3 Å². The van der Waals surface area contributed by atoms with Gasteiger partial charge in [-0.05, 0) is 56.6 Å². The molecule has 0 saturated carbocycles. The number of rotatable bonds is 3. The fraction of sp³-hybridized carbons (Fsp3) is 0.538. The molecule has 1 aliphatic heterocycles. The zero-order valence-electron chi connectivity index (χ0n) is 9.75. The van der Waals surface area contributed by atoms with Crippen LogP contribution in [0.15, 0.2) is 24.3 Å². The second kappa shape index (κ2) is 5.55. The van der Waals surface area contributed by atoms with E-state index in [0.717, 1.165) is 23.2 Å². The molecule has 1 aliphatic rings. The number of hydrogen-bond acceptors (Lipinski definition) is 2. The molecule has 16 heavy (non-hydrogen) atoms. The summed E-state index contributed by atoms with van der Waals surface area (Å²) in [6.07, 6.45) is 2.66. The Balaban J connectivity index is 1.80. The molecule has 2 nitrogen and oxygen atoms in total. The second-order valence-electron chi connectivity index (χ2n) is 4.66. The van der Waals surface area contributed by atoms with Gasteiger partial charge in [-0.25, -0.2) is 0 Å². The Bertz CT molecular complexity index is 323. The van der Waals surface area contributed by atoms with Crippen LogP contribution in [-0.4, -0.2) is 31.6 Å². The highest BCUT2D eigenvalue weighted by Gasteiger charge is 2.16. The highest BCUT2D eigenvalue weighted by molar-refractivity contribution is 6.30. The predicted octanol–water partition coefficient (Wildman–Crippen LogP) is 3.09. The summed E-state index contributed by atoms with van der Waals surface area (Å²) < 4.78 is 0. The molecule has 1 heterocycles. The van der Waals surface area contributed by atoms with Crippen molar-refractivity contribution in [3.8, 4) is 0 Å². The van der Waals surface area contributed by atoms with E-state index < -0.39 is 0 Å². The average Bonchev–Trinajstić information content (AvgIpc) is 2.28. The van der Waals surface area contributed by atoms with Crippen molar-refractivity contribution in [3.63, 3.8) is 0 Å². The van der Waals surface area contributed by atoms with Crippen LogP contribution >= 0.6 is 11.6 Å². The quantitative estimate of drug-likeness (QED) is 0.871. The number of benzene rings is 1. The molecule has 1 atom stereocenters. The molecule has 1 fully saturated rings. The van der Waals surface area contributed by atoms with Crippen molar-refractivity contribution in [1.29, 1.82) is 0 Å². The molecule has 1 aromatic carbocycles. The van der Waals surface area contributed by atoms with Crippen molar-refractivity contribution in [2.24, 2.45) is 5.92 Å². The summed E-state index contributed by atoms with van der Waals surface area (Å²) in [5, 5.41) is 4.27. The molecule has 88 valence electrons. The third-order valence-electron chi connectivity index (χ3n) is 3.16. The standard InChI is InChI=1S/C13H19ClN2/c1-16-8-2-3-11(10-16)9-15-13-6-4-12(14)5-7-13/h4-7,11,15H,2-3,8-10H2,1H3. The minimum atomic E-state index is 0.773. The van der Waals surface area contributed by atoms with Crippen LogP contribution < -0.4 is 5.32 Å². The van der Waals surface area contributed by atoms with E-state index in [0.29, 0.717) is 0 Å². The first-order valence-electron chi connectivity index (χ1n) is 5.92. The summed E-state index contributed by atoms with van der Waals surface area (Å²) in [5.41, 5.74) is 1.16. The third-order valence-corrected chi connectivity index (χ3v) is 3.41. The van der Waals surface area contributed by atoms with Gasteiger partial charge in [0.05, 0.1) is 0 Å². The molecule has 1 aromatic rings. The van der Waals surface area contributed by atoms with Gasteiger partial charge in [-0.2, -0.15) is 0 Å². The van der Waals surface area contributed by atoms with E-state index in [4.69, 9.17) is 11.6 Å². The number of nitrogens with zero attached hydrogens (tertiary/aromatic N) is 1. The number of anilines is 1. The lowest BCUT2D eigenvalue weighted by Gasteiger charge is -2.29. The van der Waals surface area contributed by atoms with Crippen LogP contribution in [0.4, 0.5) is 5.69 Å². The molecule has 0 radical (unpaired) electrons. The van der Waals surface area contributed by atoms with Crippen LogP contribution in [0.3, 0.4) is 0 Å². The summed E-state index contributed by atoms with van der Waals surface area (Å²) in [6, 6.07) is 7.93. The first-order chi connectivity index (χ1) is 7.74. The van der Waals surface area contributed by atoms with Crippen molar-refractivity contribution < 1.29 is 0 Å². The van der Waals surface area contributed by atoms with E-state index in [1.54, 1.807) is 0 Å². The van der Waals surface area contributed by atoms with E-state index in [2.05, 4.69) is 17.3 Å². The lowest BCUT2D eigenvalue weighted by Crippen LogP contribution is -2.35. The normalized spacial score (nSPS) is 22.0. The minimum Gasteiger partial charge on any atom is -0.385 e. The topological polar surface area (TPSA) is 15.3 Å². The minimum absolute atomic E-state index is 0.773. The van der Waals surface area contributed by atoms with Crippen molar-refractivity contribution in [1.82, 2.24) is 4.90 Å². The highest BCUT2D eigenvalue weighted by Crippen LogP contribution is 2.17. The average molecular weight is 239 g/mol. The Hall–Kier alpha value is -0.730. The van der Waals surface area contributed by atoms with Crippen molar-refractivity contribution in [2.75, 3.05) is 32.0 Å². The second-order valence-corrected chi connectivity index (χ2v) is 5.09. The molecule has 3 heteroatoms. The lowest BCUT2D eigenvalue weighted by atomic mass is 9.98. The lowest BCUT2D eigenvalue weighted by molar-refractivity contribution is 0.217. The third kappa shape index (κ3) is 3.39. The van der Waals surface area contributed by atoms with Crippen molar-refractivity contribution in [2.45, 2.75) is 12.8 Å². The first kappa shape index (κ1) is 11.7. The molecular formula is C13H19ClN2. The van der Waals surface area contributed by atoms with E-state index >= 15 is 0 Å². The fourth-order valence-electron chi connectivity index (χ4n) is 2.27. The smallest absolute Gasteiger partial charge is 0.0407 e. The Labute approximate surface area is 103 Å². The summed E-state index contributed by atoms with van der Waals surface area (Å²) in [6.45, 7) is 3.52. The molecule has 0 aromatic heterocycles. The summed E-state index contributed by atoms with van der Waals surface area (Å²) in [4.78, 5) is 2.41. The van der Waals surface area contributed by atoms with Crippen LogP contribution in [0.25, 0.3) is 0 Å². The maximum absolute atomic E-state index is 5.85. The summed E-state index contributed by atoms with van der Waals surface area (Å²) in [7, 11) is 2.20. The summed E-state index contributed by atoms with van der Waals surface area (Å²) in [5.74, 6) is 0.773. The summed E-state index contributed by atoms with van der Waals surface area (Å²) >= 11 is 5.85. The van der Waals surface area contributed by atoms with Gasteiger partial charge < -0.3 is 10.2 Å². The zero-order chi connectivity index (χ0) is 11.4. The van der Waals surface area contributed by atoms with Gasteiger partial charge in [0, 0.05) is 23.8 Å². The molecule has 0 bridgehead atoms. The van der Waals surface area contributed by atoms with Crippen LogP contribution in [0.5, 0.6) is 0 Å². The van der Waals surface area contributed by atoms with Crippen LogP contribution in [0.1, 0.15) is 12.8 Å². The molecule has 0 aliphatic carbocycles. The first-order valence-corrected chi connectivity index (χ1v) is 6.30. The fourth-order valence-corrected chi connectivity index (χ4v) is 2.40. The maximum atomic E-state index is 5.85. The monoisotopic (exact) mass is 238 g/mol. The predicted molar refractivity (Wildman–Crippen MR) is 70.2 cm³/mol. The number of piperidine rings is 1. The largest absolute Gasteiger partial charge is 0.385 e. The van der Waals surface area contributed by atoms with Crippen LogP contribution in [0.2, 0.25) is 5.02 Å². The van der Waals surface area contributed by atoms with Gasteiger partial charge >= 0.3 is 0 Å². The number of likely N-dealkylation sites (tertiary alicyclic amines) is 1. The van der Waals surface area contributed by atoms with Gasteiger partial charge in [-0.3, -0.25) is 0 Å². The van der Waals surface area contributed by atoms with Crippen molar-refractivity contribution in [3.05, 3.63) is 29.3 Å². The molecular weight excluding hydrogens is 220 g/mol. The van der Waals surface area contributed by atoms with E-state index in [9.17, 15) is 0 Å². The van der Waals surface area contributed by atoms with Gasteiger partial charge in [-0.1, -0.05) is 11.6 Å². The SMILES string of the molecule is CN1CCCC(CNc2ccc(Cl)cc2)C1. The number of halogens is 1. The molecule has 0 spiro atoms. The molecule has 0 amide bonds. The van der Waals surface area contributed by atoms with Gasteiger partial charge in [0.1, 0.15) is 0 Å². The van der Waals surface area contributed by atoms with Gasteiger partial charge in [0.25, 0.3) is 0 Å². The Morgan fingerprint density at radius 1 is 1.38 bits per heavy atom. The van der Waals surface area contributed by atoms with Gasteiger partial charge in [0.15, 0.2) is 0 Å². The van der Waals surface area contributed by atoms with Gasteiger partial charge in [-0.15, -0.1) is 0 Å². The Morgan fingerprint density at radius 3 is 2.81 bits per heavy atom. The molecule has 1 unspecified atom stereocenters. The highest BCUT2D eigenvalue weighted by atomic mass is 35.5. The Kier molecular flexibility index (Phi) is 4.08. The molecule has 1 saturated heterocycles. The Morgan fingerprint density at radius 2 is 2.12 bits per heavy atom. The van der Waals surface area contributed by atoms with Crippen molar-refractivity contribution >= 4 is 17.3 Å². The maximum Gasteiger partial charge on any atom is 0.0407 e. The van der Waals surface area contributed by atoms with Crippen LogP contribution in [0, 0.1) is 5.92 Å². The van der Waals surface area contributed by atoms with Gasteiger partial charge in [0.2, 0.25) is 0 Å². The van der Waals surface area contributed by atoms with E-state index in [1.165, 1.54) is 25.9 Å². The van der Waals surface area contributed by atoms with Crippen LogP contribution in [-0.2, 0) is 0 Å².